The number of hydrogen-bond acceptors (Lipinski definition) is 8. The second kappa shape index (κ2) is 10.8. The smallest absolute Gasteiger partial charge is 0.341 e. The second-order valence-electron chi connectivity index (χ2n) is 6.72. The molecule has 0 bridgehead atoms. The summed E-state index contributed by atoms with van der Waals surface area (Å²) in [6.07, 6.45) is 0.678. The molecule has 1 N–H and O–H groups in total. The Morgan fingerprint density at radius 1 is 1.25 bits per heavy atom. The van der Waals surface area contributed by atoms with Gasteiger partial charge < -0.3 is 19.4 Å². The van der Waals surface area contributed by atoms with Crippen molar-refractivity contribution in [2.75, 3.05) is 18.2 Å². The van der Waals surface area contributed by atoms with E-state index in [-0.39, 0.29) is 18.3 Å². The number of aryl methyl sites for hydroxylation is 1. The zero-order valence-electron chi connectivity index (χ0n) is 18.1. The lowest BCUT2D eigenvalue weighted by atomic mass is 10.1. The number of thioether (sulfide) groups is 1. The van der Waals surface area contributed by atoms with Crippen LogP contribution in [0.2, 0.25) is 5.02 Å². The molecule has 8 nitrogen and oxygen atoms in total. The van der Waals surface area contributed by atoms with Gasteiger partial charge in [0.05, 0.1) is 18.4 Å². The van der Waals surface area contributed by atoms with E-state index in [4.69, 9.17) is 21.1 Å². The molecule has 0 aliphatic carbocycles. The molecule has 0 radical (unpaired) electrons. The fraction of sp³-hybridized carbons (Fsp3) is 0.333. The summed E-state index contributed by atoms with van der Waals surface area (Å²) in [7, 11) is 3.14. The van der Waals surface area contributed by atoms with Crippen molar-refractivity contribution in [2.45, 2.75) is 32.0 Å². The van der Waals surface area contributed by atoms with Crippen LogP contribution in [0.3, 0.4) is 0 Å². The molecule has 0 fully saturated rings. The van der Waals surface area contributed by atoms with Crippen LogP contribution >= 0.6 is 34.7 Å². The molecule has 3 rings (SSSR count). The first-order valence-corrected chi connectivity index (χ1v) is 11.9. The van der Waals surface area contributed by atoms with Crippen LogP contribution < -0.4 is 10.1 Å². The molecule has 0 aliphatic rings. The zero-order valence-corrected chi connectivity index (χ0v) is 20.5. The van der Waals surface area contributed by atoms with Crippen LogP contribution in [0.1, 0.15) is 33.5 Å². The van der Waals surface area contributed by atoms with Gasteiger partial charge in [0.15, 0.2) is 11.0 Å². The van der Waals surface area contributed by atoms with Gasteiger partial charge in [0.25, 0.3) is 0 Å². The summed E-state index contributed by atoms with van der Waals surface area (Å²) < 4.78 is 12.4. The minimum absolute atomic E-state index is 0.114. The molecular formula is C21H23ClN4O4S2. The maximum absolute atomic E-state index is 12.5. The summed E-state index contributed by atoms with van der Waals surface area (Å²) in [4.78, 5) is 25.7. The van der Waals surface area contributed by atoms with E-state index in [1.165, 1.54) is 30.2 Å². The highest BCUT2D eigenvalue weighted by Crippen LogP contribution is 2.34. The van der Waals surface area contributed by atoms with Gasteiger partial charge in [-0.15, -0.1) is 21.5 Å². The molecule has 2 aromatic heterocycles. The lowest BCUT2D eigenvalue weighted by Gasteiger charge is -2.08. The molecule has 0 unspecified atom stereocenters. The number of carbonyl (C=O) groups is 2. The Balaban J connectivity index is 1.60. The molecule has 0 saturated carbocycles. The van der Waals surface area contributed by atoms with Gasteiger partial charge in [0, 0.05) is 16.9 Å². The van der Waals surface area contributed by atoms with Crippen LogP contribution in [-0.4, -0.2) is 39.5 Å². The number of rotatable bonds is 9. The van der Waals surface area contributed by atoms with Gasteiger partial charge in [-0.3, -0.25) is 4.79 Å². The van der Waals surface area contributed by atoms with E-state index in [1.54, 1.807) is 28.8 Å². The van der Waals surface area contributed by atoms with Crippen LogP contribution in [0.25, 0.3) is 0 Å². The first-order valence-electron chi connectivity index (χ1n) is 9.73. The highest BCUT2D eigenvalue weighted by Gasteiger charge is 2.23. The van der Waals surface area contributed by atoms with Gasteiger partial charge in [-0.25, -0.2) is 4.79 Å². The number of ether oxygens (including phenoxy) is 2. The van der Waals surface area contributed by atoms with Crippen molar-refractivity contribution in [3.05, 3.63) is 51.1 Å². The predicted octanol–water partition coefficient (Wildman–Crippen LogP) is 4.50. The summed E-state index contributed by atoms with van der Waals surface area (Å²) in [6, 6.07) is 7.05. The number of halogens is 1. The molecule has 1 amide bonds. The van der Waals surface area contributed by atoms with Crippen LogP contribution in [0, 0.1) is 6.92 Å². The number of methoxy groups -OCH3 is 1. The molecule has 2 heterocycles. The summed E-state index contributed by atoms with van der Waals surface area (Å²) in [5, 5.41) is 12.8. The van der Waals surface area contributed by atoms with Crippen LogP contribution in [0.4, 0.5) is 5.00 Å². The van der Waals surface area contributed by atoms with Gasteiger partial charge in [0.2, 0.25) is 5.91 Å². The van der Waals surface area contributed by atoms with Crippen LogP contribution in [0.5, 0.6) is 5.75 Å². The van der Waals surface area contributed by atoms with Crippen molar-refractivity contribution in [1.82, 2.24) is 14.8 Å². The second-order valence-corrected chi connectivity index (χ2v) is 9.33. The van der Waals surface area contributed by atoms with E-state index in [0.717, 1.165) is 10.4 Å². The number of nitrogens with one attached hydrogen (secondary N) is 1. The average Bonchev–Trinajstić information content (AvgIpc) is 3.29. The third-order valence-electron chi connectivity index (χ3n) is 4.64. The Labute approximate surface area is 199 Å². The summed E-state index contributed by atoms with van der Waals surface area (Å²) >= 11 is 8.50. The Morgan fingerprint density at radius 3 is 2.62 bits per heavy atom. The van der Waals surface area contributed by atoms with E-state index < -0.39 is 5.97 Å². The highest BCUT2D eigenvalue weighted by molar-refractivity contribution is 7.99. The van der Waals surface area contributed by atoms with Crippen molar-refractivity contribution in [1.29, 1.82) is 0 Å². The Morgan fingerprint density at radius 2 is 1.97 bits per heavy atom. The number of amides is 1. The maximum Gasteiger partial charge on any atom is 0.341 e. The molecule has 0 spiro atoms. The minimum Gasteiger partial charge on any atom is -0.486 e. The molecule has 32 heavy (non-hydrogen) atoms. The standard InChI is InChI=1S/C21H23ClN4O4S2/c1-5-15-12(2)32-19(18(15)20(28)29-4)23-17(27)11-31-21-25-24-16(26(21)3)10-30-14-8-6-13(22)7-9-14/h6-9H,5,10-11H2,1-4H3,(H,23,27). The number of anilines is 1. The normalized spacial score (nSPS) is 10.8. The zero-order chi connectivity index (χ0) is 23.3. The molecule has 170 valence electrons. The van der Waals surface area contributed by atoms with Gasteiger partial charge >= 0.3 is 5.97 Å². The number of carbonyl (C=O) groups excluding carboxylic acids is 2. The Hall–Kier alpha value is -2.56. The van der Waals surface area contributed by atoms with Gasteiger partial charge in [-0.2, -0.15) is 0 Å². The topological polar surface area (TPSA) is 95.3 Å². The first kappa shape index (κ1) is 24.1. The Bertz CT molecular complexity index is 1110. The summed E-state index contributed by atoms with van der Waals surface area (Å²) in [6.45, 7) is 4.12. The van der Waals surface area contributed by atoms with Crippen molar-refractivity contribution < 1.29 is 19.1 Å². The number of hydrogen-bond donors (Lipinski definition) is 1. The maximum atomic E-state index is 12.5. The van der Waals surface area contributed by atoms with E-state index in [9.17, 15) is 9.59 Å². The summed E-state index contributed by atoms with van der Waals surface area (Å²) in [5.41, 5.74) is 1.32. The first-order chi connectivity index (χ1) is 15.3. The molecule has 11 heteroatoms. The molecule has 0 atom stereocenters. The van der Waals surface area contributed by atoms with Gasteiger partial charge in [-0.05, 0) is 43.2 Å². The minimum atomic E-state index is -0.451. The number of benzene rings is 1. The fourth-order valence-corrected chi connectivity index (χ4v) is 4.98. The molecular weight excluding hydrogens is 472 g/mol. The van der Waals surface area contributed by atoms with Crippen molar-refractivity contribution in [3.8, 4) is 5.75 Å². The third-order valence-corrected chi connectivity index (χ3v) is 6.98. The number of nitrogens with zero attached hydrogens (tertiary/aromatic N) is 3. The number of aromatic nitrogens is 3. The average molecular weight is 495 g/mol. The number of esters is 1. The van der Waals surface area contributed by atoms with Crippen molar-refractivity contribution in [2.24, 2.45) is 7.05 Å². The molecule has 3 aromatic rings. The lowest BCUT2D eigenvalue weighted by molar-refractivity contribution is -0.113. The monoisotopic (exact) mass is 494 g/mol. The van der Waals surface area contributed by atoms with Crippen LogP contribution in [0.15, 0.2) is 29.4 Å². The predicted molar refractivity (Wildman–Crippen MR) is 126 cm³/mol. The largest absolute Gasteiger partial charge is 0.486 e. The highest BCUT2D eigenvalue weighted by atomic mass is 35.5. The van der Waals surface area contributed by atoms with Gasteiger partial charge in [-0.1, -0.05) is 30.3 Å². The van der Waals surface area contributed by atoms with Gasteiger partial charge in [0.1, 0.15) is 17.4 Å². The lowest BCUT2D eigenvalue weighted by Crippen LogP contribution is -2.16. The quantitative estimate of drug-likeness (QED) is 0.345. The fourth-order valence-electron chi connectivity index (χ4n) is 2.98. The molecule has 0 saturated heterocycles. The van der Waals surface area contributed by atoms with E-state index >= 15 is 0 Å². The Kier molecular flexibility index (Phi) is 8.16. The molecule has 1 aromatic carbocycles. The van der Waals surface area contributed by atoms with Crippen LogP contribution in [-0.2, 0) is 29.6 Å². The third kappa shape index (κ3) is 5.62. The number of thiophene rings is 1. The van der Waals surface area contributed by atoms with Crippen molar-refractivity contribution in [3.63, 3.8) is 0 Å². The van der Waals surface area contributed by atoms with E-state index in [2.05, 4.69) is 15.5 Å². The van der Waals surface area contributed by atoms with E-state index in [0.29, 0.717) is 38.7 Å². The van der Waals surface area contributed by atoms with Crippen molar-refractivity contribution >= 4 is 51.6 Å². The SMILES string of the molecule is CCc1c(C)sc(NC(=O)CSc2nnc(COc3ccc(Cl)cc3)n2C)c1C(=O)OC. The molecule has 0 aliphatic heterocycles. The van der Waals surface area contributed by atoms with E-state index in [1.807, 2.05) is 20.9 Å². The summed E-state index contributed by atoms with van der Waals surface area (Å²) in [5.74, 6) is 0.712.